The van der Waals surface area contributed by atoms with E-state index in [9.17, 15) is 8.42 Å². The number of nitrogens with one attached hydrogen (secondary N) is 1. The van der Waals surface area contributed by atoms with E-state index in [1.807, 2.05) is 14.1 Å². The summed E-state index contributed by atoms with van der Waals surface area (Å²) < 4.78 is 21.6. The van der Waals surface area contributed by atoms with Crippen LogP contribution in [0.1, 0.15) is 13.3 Å². The lowest BCUT2D eigenvalue weighted by Gasteiger charge is -2.17. The first-order valence-electron chi connectivity index (χ1n) is 4.87. The molecule has 0 aliphatic rings. The molecule has 0 rings (SSSR count). The van der Waals surface area contributed by atoms with E-state index >= 15 is 0 Å². The zero-order valence-electron chi connectivity index (χ0n) is 9.58. The summed E-state index contributed by atoms with van der Waals surface area (Å²) in [5, 5.41) is 3.28. The minimum atomic E-state index is -2.80. The van der Waals surface area contributed by atoms with E-state index in [-0.39, 0.29) is 5.75 Å². The van der Waals surface area contributed by atoms with Gasteiger partial charge in [0.05, 0.1) is 5.75 Å². The van der Waals surface area contributed by atoms with Crippen LogP contribution in [0.3, 0.4) is 0 Å². The lowest BCUT2D eigenvalue weighted by molar-refractivity contribution is 0.350. The minimum Gasteiger partial charge on any atom is -0.313 e. The number of hydrogen-bond donors (Lipinski definition) is 1. The number of nitrogens with zero attached hydrogens (tertiary/aromatic N) is 1. The zero-order valence-corrected chi connectivity index (χ0v) is 10.4. The molecular weight excluding hydrogens is 200 g/mol. The molecule has 1 atom stereocenters. The molecular formula is C9H22N2O2S. The van der Waals surface area contributed by atoms with Gasteiger partial charge >= 0.3 is 0 Å². The highest BCUT2D eigenvalue weighted by atomic mass is 32.2. The third-order valence-electron chi connectivity index (χ3n) is 1.82. The maximum absolute atomic E-state index is 10.8. The van der Waals surface area contributed by atoms with Crippen LogP contribution in [-0.2, 0) is 9.84 Å². The van der Waals surface area contributed by atoms with Crippen molar-refractivity contribution in [3.8, 4) is 0 Å². The predicted octanol–water partition coefficient (Wildman–Crippen LogP) is -0.0392. The topological polar surface area (TPSA) is 49.4 Å². The SMILES string of the molecule is CC(CN(C)C)NCCCS(C)(=O)=O. The van der Waals surface area contributed by atoms with E-state index < -0.39 is 9.84 Å². The van der Waals surface area contributed by atoms with Gasteiger partial charge in [-0.15, -0.1) is 0 Å². The molecule has 0 radical (unpaired) electrons. The van der Waals surface area contributed by atoms with Crippen LogP contribution in [0.25, 0.3) is 0 Å². The van der Waals surface area contributed by atoms with Crippen LogP contribution in [0.4, 0.5) is 0 Å². The fraction of sp³-hybridized carbons (Fsp3) is 1.00. The fourth-order valence-electron chi connectivity index (χ4n) is 1.30. The van der Waals surface area contributed by atoms with Crippen LogP contribution in [0, 0.1) is 0 Å². The lowest BCUT2D eigenvalue weighted by atomic mass is 10.3. The van der Waals surface area contributed by atoms with Crippen molar-refractivity contribution in [3.05, 3.63) is 0 Å². The fourth-order valence-corrected chi connectivity index (χ4v) is 1.96. The van der Waals surface area contributed by atoms with Gasteiger partial charge in [-0.3, -0.25) is 0 Å². The van der Waals surface area contributed by atoms with Crippen molar-refractivity contribution < 1.29 is 8.42 Å². The zero-order chi connectivity index (χ0) is 11.2. The summed E-state index contributed by atoms with van der Waals surface area (Å²) in [6.45, 7) is 3.83. The summed E-state index contributed by atoms with van der Waals surface area (Å²) >= 11 is 0. The molecule has 0 spiro atoms. The Hall–Kier alpha value is -0.130. The van der Waals surface area contributed by atoms with Gasteiger partial charge in [0.1, 0.15) is 9.84 Å². The lowest BCUT2D eigenvalue weighted by Crippen LogP contribution is -2.36. The molecule has 0 aliphatic carbocycles. The van der Waals surface area contributed by atoms with Gasteiger partial charge in [-0.25, -0.2) is 8.42 Å². The largest absolute Gasteiger partial charge is 0.313 e. The number of likely N-dealkylation sites (N-methyl/N-ethyl adjacent to an activating group) is 1. The summed E-state index contributed by atoms with van der Waals surface area (Å²) in [5.41, 5.74) is 0. The van der Waals surface area contributed by atoms with Crippen LogP contribution < -0.4 is 5.32 Å². The highest BCUT2D eigenvalue weighted by Gasteiger charge is 2.04. The third-order valence-corrected chi connectivity index (χ3v) is 2.85. The second-order valence-electron chi connectivity index (χ2n) is 4.10. The molecule has 0 heterocycles. The number of hydrogen-bond acceptors (Lipinski definition) is 4. The van der Waals surface area contributed by atoms with Gasteiger partial charge < -0.3 is 10.2 Å². The van der Waals surface area contributed by atoms with Gasteiger partial charge in [-0.05, 0) is 34.0 Å². The second-order valence-corrected chi connectivity index (χ2v) is 6.36. The maximum atomic E-state index is 10.8. The Kier molecular flexibility index (Phi) is 6.31. The first-order valence-corrected chi connectivity index (χ1v) is 6.93. The molecule has 1 unspecified atom stereocenters. The molecule has 1 N–H and O–H groups in total. The van der Waals surface area contributed by atoms with E-state index in [1.165, 1.54) is 6.26 Å². The summed E-state index contributed by atoms with van der Waals surface area (Å²) in [5.74, 6) is 0.273. The Bertz CT molecular complexity index is 237. The van der Waals surface area contributed by atoms with E-state index in [4.69, 9.17) is 0 Å². The van der Waals surface area contributed by atoms with Gasteiger partial charge in [0.15, 0.2) is 0 Å². The third kappa shape index (κ3) is 9.95. The summed E-state index contributed by atoms with van der Waals surface area (Å²) in [6, 6.07) is 0.407. The number of sulfone groups is 1. The molecule has 0 aromatic carbocycles. The van der Waals surface area contributed by atoms with Crippen molar-refractivity contribution in [1.82, 2.24) is 10.2 Å². The molecule has 0 bridgehead atoms. The summed E-state index contributed by atoms with van der Waals surface area (Å²) in [4.78, 5) is 2.11. The van der Waals surface area contributed by atoms with E-state index in [2.05, 4.69) is 17.1 Å². The van der Waals surface area contributed by atoms with E-state index in [0.717, 1.165) is 13.1 Å². The normalized spacial score (nSPS) is 14.6. The predicted molar refractivity (Wildman–Crippen MR) is 60.3 cm³/mol. The van der Waals surface area contributed by atoms with Crippen molar-refractivity contribution in [2.45, 2.75) is 19.4 Å². The molecule has 5 heteroatoms. The van der Waals surface area contributed by atoms with Gasteiger partial charge in [0, 0.05) is 18.8 Å². The quantitative estimate of drug-likeness (QED) is 0.614. The average Bonchev–Trinajstić information content (AvgIpc) is 1.95. The Morgan fingerprint density at radius 3 is 2.36 bits per heavy atom. The smallest absolute Gasteiger partial charge is 0.147 e. The van der Waals surface area contributed by atoms with Gasteiger partial charge in [-0.2, -0.15) is 0 Å². The van der Waals surface area contributed by atoms with Crippen molar-refractivity contribution in [1.29, 1.82) is 0 Å². The van der Waals surface area contributed by atoms with Gasteiger partial charge in [-0.1, -0.05) is 0 Å². The van der Waals surface area contributed by atoms with Gasteiger partial charge in [0.25, 0.3) is 0 Å². The van der Waals surface area contributed by atoms with E-state index in [1.54, 1.807) is 0 Å². The molecule has 0 saturated heterocycles. The van der Waals surface area contributed by atoms with Crippen molar-refractivity contribution in [2.24, 2.45) is 0 Å². The van der Waals surface area contributed by atoms with Crippen LogP contribution in [0.5, 0.6) is 0 Å². The highest BCUT2D eigenvalue weighted by Crippen LogP contribution is 1.89. The Labute approximate surface area is 87.6 Å². The Balaban J connectivity index is 3.45. The second kappa shape index (κ2) is 6.37. The standard InChI is InChI=1S/C9H22N2O2S/c1-9(8-11(2)3)10-6-5-7-14(4,12)13/h9-10H,5-8H2,1-4H3. The first kappa shape index (κ1) is 13.9. The first-order chi connectivity index (χ1) is 6.31. The van der Waals surface area contributed by atoms with Crippen LogP contribution in [-0.4, -0.2) is 58.6 Å². The summed E-state index contributed by atoms with van der Waals surface area (Å²) in [7, 11) is 1.25. The molecule has 14 heavy (non-hydrogen) atoms. The van der Waals surface area contributed by atoms with Gasteiger partial charge in [0.2, 0.25) is 0 Å². The van der Waals surface area contributed by atoms with Crippen LogP contribution >= 0.6 is 0 Å². The maximum Gasteiger partial charge on any atom is 0.147 e. The molecule has 0 aromatic heterocycles. The van der Waals surface area contributed by atoms with Crippen LogP contribution in [0.15, 0.2) is 0 Å². The molecule has 86 valence electrons. The molecule has 0 saturated carbocycles. The monoisotopic (exact) mass is 222 g/mol. The van der Waals surface area contributed by atoms with E-state index in [0.29, 0.717) is 12.5 Å². The summed E-state index contributed by atoms with van der Waals surface area (Å²) in [6.07, 6.45) is 1.97. The highest BCUT2D eigenvalue weighted by molar-refractivity contribution is 7.90. The van der Waals surface area contributed by atoms with Crippen molar-refractivity contribution in [2.75, 3.05) is 39.2 Å². The van der Waals surface area contributed by atoms with Crippen molar-refractivity contribution >= 4 is 9.84 Å². The Morgan fingerprint density at radius 2 is 1.93 bits per heavy atom. The average molecular weight is 222 g/mol. The molecule has 0 fully saturated rings. The molecule has 0 aliphatic heterocycles. The molecule has 0 amide bonds. The molecule has 0 aromatic rings. The minimum absolute atomic E-state index is 0.273. The Morgan fingerprint density at radius 1 is 1.36 bits per heavy atom. The van der Waals surface area contributed by atoms with Crippen LogP contribution in [0.2, 0.25) is 0 Å². The number of rotatable bonds is 7. The molecule has 4 nitrogen and oxygen atoms in total. The van der Waals surface area contributed by atoms with Crippen molar-refractivity contribution in [3.63, 3.8) is 0 Å².